The van der Waals surface area contributed by atoms with E-state index in [1.54, 1.807) is 13.3 Å². The number of carbonyl (C=O) groups is 1. The van der Waals surface area contributed by atoms with E-state index in [0.29, 0.717) is 5.92 Å². The number of nitrogens with zero attached hydrogens (tertiary/aromatic N) is 1. The standard InChI is InChI=1S/C20H24N2O3/c1-14(2)18-9-8-15(3)10-19(18)25-13-20(23)22-21-12-16-6-5-7-17(11-16)24-4/h5-12,14H,13H2,1-4H3,(H,22,23)/b21-12+. The van der Waals surface area contributed by atoms with Crippen molar-refractivity contribution in [1.29, 1.82) is 0 Å². The molecule has 0 fully saturated rings. The quantitative estimate of drug-likeness (QED) is 0.618. The maximum atomic E-state index is 11.9. The molecule has 2 aromatic rings. The highest BCUT2D eigenvalue weighted by atomic mass is 16.5. The maximum absolute atomic E-state index is 11.9. The molecular weight excluding hydrogens is 316 g/mol. The Morgan fingerprint density at radius 1 is 1.24 bits per heavy atom. The summed E-state index contributed by atoms with van der Waals surface area (Å²) in [4.78, 5) is 11.9. The van der Waals surface area contributed by atoms with Crippen LogP contribution in [0.15, 0.2) is 47.6 Å². The molecule has 0 heterocycles. The van der Waals surface area contributed by atoms with Crippen LogP contribution >= 0.6 is 0 Å². The Labute approximate surface area is 148 Å². The molecule has 1 N–H and O–H groups in total. The van der Waals surface area contributed by atoms with Crippen LogP contribution in [0.4, 0.5) is 0 Å². The highest BCUT2D eigenvalue weighted by molar-refractivity contribution is 5.83. The van der Waals surface area contributed by atoms with Crippen molar-refractivity contribution >= 4 is 12.1 Å². The fraction of sp³-hybridized carbons (Fsp3) is 0.300. The summed E-state index contributed by atoms with van der Waals surface area (Å²) < 4.78 is 10.8. The van der Waals surface area contributed by atoms with E-state index in [1.165, 1.54) is 0 Å². The SMILES string of the molecule is COc1cccc(/C=N/NC(=O)COc2cc(C)ccc2C(C)C)c1. The van der Waals surface area contributed by atoms with Gasteiger partial charge in [0.1, 0.15) is 11.5 Å². The largest absolute Gasteiger partial charge is 0.497 e. The molecule has 0 aliphatic rings. The predicted molar refractivity (Wildman–Crippen MR) is 99.5 cm³/mol. The summed E-state index contributed by atoms with van der Waals surface area (Å²) in [5, 5.41) is 3.94. The lowest BCUT2D eigenvalue weighted by atomic mass is 10.0. The van der Waals surface area contributed by atoms with Crippen LogP contribution < -0.4 is 14.9 Å². The number of hydrazone groups is 1. The normalized spacial score (nSPS) is 10.9. The number of aryl methyl sites for hydroxylation is 1. The zero-order chi connectivity index (χ0) is 18.2. The molecule has 132 valence electrons. The van der Waals surface area contributed by atoms with Crippen LogP contribution in [0.5, 0.6) is 11.5 Å². The number of hydrogen-bond donors (Lipinski definition) is 1. The minimum absolute atomic E-state index is 0.0847. The lowest BCUT2D eigenvalue weighted by molar-refractivity contribution is -0.123. The molecule has 2 rings (SSSR count). The number of hydrogen-bond acceptors (Lipinski definition) is 4. The summed E-state index contributed by atoms with van der Waals surface area (Å²) >= 11 is 0. The molecule has 25 heavy (non-hydrogen) atoms. The first-order valence-corrected chi connectivity index (χ1v) is 8.19. The smallest absolute Gasteiger partial charge is 0.277 e. The van der Waals surface area contributed by atoms with Crippen molar-refractivity contribution in [3.63, 3.8) is 0 Å². The second-order valence-corrected chi connectivity index (χ2v) is 6.05. The van der Waals surface area contributed by atoms with E-state index in [4.69, 9.17) is 9.47 Å². The fourth-order valence-electron chi connectivity index (χ4n) is 2.32. The zero-order valence-electron chi connectivity index (χ0n) is 15.1. The Bertz CT molecular complexity index is 754. The fourth-order valence-corrected chi connectivity index (χ4v) is 2.32. The van der Waals surface area contributed by atoms with Crippen molar-refractivity contribution in [3.8, 4) is 11.5 Å². The molecule has 0 aliphatic carbocycles. The van der Waals surface area contributed by atoms with Crippen molar-refractivity contribution in [1.82, 2.24) is 5.43 Å². The van der Waals surface area contributed by atoms with Crippen LogP contribution in [-0.2, 0) is 4.79 Å². The molecule has 1 amide bonds. The van der Waals surface area contributed by atoms with E-state index in [1.807, 2.05) is 49.4 Å². The minimum Gasteiger partial charge on any atom is -0.497 e. The molecule has 0 aliphatic heterocycles. The molecule has 0 bridgehead atoms. The second kappa shape index (κ2) is 8.87. The van der Waals surface area contributed by atoms with Gasteiger partial charge >= 0.3 is 0 Å². The van der Waals surface area contributed by atoms with E-state index < -0.39 is 0 Å². The highest BCUT2D eigenvalue weighted by Gasteiger charge is 2.10. The van der Waals surface area contributed by atoms with Gasteiger partial charge < -0.3 is 9.47 Å². The van der Waals surface area contributed by atoms with Gasteiger partial charge in [-0.3, -0.25) is 4.79 Å². The number of rotatable bonds is 7. The van der Waals surface area contributed by atoms with E-state index in [9.17, 15) is 4.79 Å². The molecule has 5 nitrogen and oxygen atoms in total. The first-order valence-electron chi connectivity index (χ1n) is 8.19. The zero-order valence-corrected chi connectivity index (χ0v) is 15.1. The Morgan fingerprint density at radius 2 is 2.04 bits per heavy atom. The van der Waals surface area contributed by atoms with E-state index in [-0.39, 0.29) is 12.5 Å². The number of carbonyl (C=O) groups excluding carboxylic acids is 1. The van der Waals surface area contributed by atoms with Crippen LogP contribution in [0.3, 0.4) is 0 Å². The first kappa shape index (κ1) is 18.5. The van der Waals surface area contributed by atoms with Crippen molar-refractivity contribution in [2.24, 2.45) is 5.10 Å². The van der Waals surface area contributed by atoms with Crippen molar-refractivity contribution in [2.75, 3.05) is 13.7 Å². The summed E-state index contributed by atoms with van der Waals surface area (Å²) in [5.74, 6) is 1.49. The molecule has 0 aromatic heterocycles. The van der Waals surface area contributed by atoms with Crippen molar-refractivity contribution in [3.05, 3.63) is 59.2 Å². The lowest BCUT2D eigenvalue weighted by Gasteiger charge is -2.14. The molecule has 0 saturated heterocycles. The first-order chi connectivity index (χ1) is 12.0. The summed E-state index contributed by atoms with van der Waals surface area (Å²) in [6.45, 7) is 6.10. The predicted octanol–water partition coefficient (Wildman–Crippen LogP) is 3.66. The summed E-state index contributed by atoms with van der Waals surface area (Å²) in [7, 11) is 1.60. The highest BCUT2D eigenvalue weighted by Crippen LogP contribution is 2.27. The van der Waals surface area contributed by atoms with Gasteiger partial charge in [0.05, 0.1) is 13.3 Å². The third-order valence-corrected chi connectivity index (χ3v) is 3.65. The van der Waals surface area contributed by atoms with Crippen molar-refractivity contribution < 1.29 is 14.3 Å². The number of amides is 1. The van der Waals surface area contributed by atoms with Gasteiger partial charge in [-0.2, -0.15) is 5.10 Å². The Morgan fingerprint density at radius 3 is 2.76 bits per heavy atom. The third kappa shape index (κ3) is 5.64. The van der Waals surface area contributed by atoms with Gasteiger partial charge in [0.15, 0.2) is 6.61 Å². The summed E-state index contributed by atoms with van der Waals surface area (Å²) in [5.41, 5.74) is 5.48. The lowest BCUT2D eigenvalue weighted by Crippen LogP contribution is -2.25. The Hall–Kier alpha value is -2.82. The Balaban J connectivity index is 1.91. The molecule has 0 saturated carbocycles. The van der Waals surface area contributed by atoms with Crippen LogP contribution in [0, 0.1) is 6.92 Å². The second-order valence-electron chi connectivity index (χ2n) is 6.05. The topological polar surface area (TPSA) is 59.9 Å². The van der Waals surface area contributed by atoms with Crippen molar-refractivity contribution in [2.45, 2.75) is 26.7 Å². The molecule has 0 radical (unpaired) electrons. The molecule has 2 aromatic carbocycles. The third-order valence-electron chi connectivity index (χ3n) is 3.65. The van der Waals surface area contributed by atoms with Crippen LogP contribution in [0.25, 0.3) is 0 Å². The van der Waals surface area contributed by atoms with E-state index in [2.05, 4.69) is 24.4 Å². The summed E-state index contributed by atoms with van der Waals surface area (Å²) in [6, 6.07) is 13.4. The van der Waals surface area contributed by atoms with E-state index >= 15 is 0 Å². The number of benzene rings is 2. The monoisotopic (exact) mass is 340 g/mol. The average Bonchev–Trinajstić information content (AvgIpc) is 2.60. The number of methoxy groups -OCH3 is 1. The molecule has 0 spiro atoms. The molecule has 0 atom stereocenters. The van der Waals surface area contributed by atoms with Crippen LogP contribution in [0.1, 0.15) is 36.5 Å². The molecule has 0 unspecified atom stereocenters. The Kier molecular flexibility index (Phi) is 6.57. The van der Waals surface area contributed by atoms with Gasteiger partial charge in [0.2, 0.25) is 0 Å². The van der Waals surface area contributed by atoms with Crippen LogP contribution in [0.2, 0.25) is 0 Å². The summed E-state index contributed by atoms with van der Waals surface area (Å²) in [6.07, 6.45) is 1.56. The molecular formula is C20H24N2O3. The van der Waals surface area contributed by atoms with E-state index in [0.717, 1.165) is 28.2 Å². The van der Waals surface area contributed by atoms with Gasteiger partial charge in [-0.1, -0.05) is 38.1 Å². The number of nitrogens with one attached hydrogen (secondary N) is 1. The number of ether oxygens (including phenoxy) is 2. The van der Waals surface area contributed by atoms with Gasteiger partial charge in [0.25, 0.3) is 5.91 Å². The molecule has 5 heteroatoms. The van der Waals surface area contributed by atoms with Crippen LogP contribution in [-0.4, -0.2) is 25.8 Å². The van der Waals surface area contributed by atoms with Gasteiger partial charge in [-0.15, -0.1) is 0 Å². The maximum Gasteiger partial charge on any atom is 0.277 e. The van der Waals surface area contributed by atoms with Gasteiger partial charge in [-0.05, 0) is 47.7 Å². The average molecular weight is 340 g/mol. The minimum atomic E-state index is -0.310. The van der Waals surface area contributed by atoms with Gasteiger partial charge in [-0.25, -0.2) is 5.43 Å². The van der Waals surface area contributed by atoms with Gasteiger partial charge in [0, 0.05) is 0 Å².